The molecule has 1 aliphatic rings. The van der Waals surface area contributed by atoms with Crippen molar-refractivity contribution in [3.63, 3.8) is 0 Å². The maximum absolute atomic E-state index is 12.7. The fourth-order valence-electron chi connectivity index (χ4n) is 2.27. The van der Waals surface area contributed by atoms with Gasteiger partial charge < -0.3 is 5.73 Å². The summed E-state index contributed by atoms with van der Waals surface area (Å²) in [6, 6.07) is 6.68. The minimum atomic E-state index is -0.188. The van der Waals surface area contributed by atoms with Crippen LogP contribution < -0.4 is 5.73 Å². The van der Waals surface area contributed by atoms with Crippen molar-refractivity contribution in [3.05, 3.63) is 35.6 Å². The van der Waals surface area contributed by atoms with Crippen molar-refractivity contribution in [1.29, 1.82) is 0 Å². The second-order valence-electron chi connectivity index (χ2n) is 4.12. The van der Waals surface area contributed by atoms with Gasteiger partial charge >= 0.3 is 0 Å². The summed E-state index contributed by atoms with van der Waals surface area (Å²) in [4.78, 5) is 0. The second kappa shape index (κ2) is 5.47. The van der Waals surface area contributed by atoms with Gasteiger partial charge in [-0.05, 0) is 36.5 Å². The molecule has 0 saturated heterocycles. The minimum absolute atomic E-state index is 0. The zero-order chi connectivity index (χ0) is 9.97. The monoisotopic (exact) mass is 229 g/mol. The molecule has 0 unspecified atom stereocenters. The fourth-order valence-corrected chi connectivity index (χ4v) is 2.27. The Kier molecular flexibility index (Phi) is 4.55. The molecule has 1 aromatic rings. The molecule has 1 saturated carbocycles. The number of nitrogens with two attached hydrogens (primary N) is 1. The summed E-state index contributed by atoms with van der Waals surface area (Å²) in [6.45, 7) is 0. The maximum atomic E-state index is 12.7. The van der Waals surface area contributed by atoms with Gasteiger partial charge in [0.05, 0.1) is 0 Å². The number of benzene rings is 1. The molecule has 1 atom stereocenters. The first-order valence-corrected chi connectivity index (χ1v) is 5.28. The largest absolute Gasteiger partial charge is 0.324 e. The molecule has 0 amide bonds. The molecule has 15 heavy (non-hydrogen) atoms. The van der Waals surface area contributed by atoms with Crippen LogP contribution in [0.2, 0.25) is 0 Å². The molecule has 0 aliphatic heterocycles. The summed E-state index contributed by atoms with van der Waals surface area (Å²) in [7, 11) is 0. The van der Waals surface area contributed by atoms with Crippen molar-refractivity contribution in [1.82, 2.24) is 0 Å². The Balaban J connectivity index is 0.00000112. The Labute approximate surface area is 96.3 Å². The number of halogens is 2. The zero-order valence-corrected chi connectivity index (χ0v) is 9.47. The Bertz CT molecular complexity index is 293. The highest BCUT2D eigenvalue weighted by molar-refractivity contribution is 5.85. The SMILES string of the molecule is Cl.N[C@H](c1ccc(F)cc1)C1CCCC1. The van der Waals surface area contributed by atoms with Crippen LogP contribution in [0.3, 0.4) is 0 Å². The van der Waals surface area contributed by atoms with E-state index in [1.54, 1.807) is 12.1 Å². The van der Waals surface area contributed by atoms with E-state index in [2.05, 4.69) is 0 Å². The van der Waals surface area contributed by atoms with Crippen LogP contribution in [0.25, 0.3) is 0 Å². The molecule has 1 aliphatic carbocycles. The number of hydrogen-bond donors (Lipinski definition) is 1. The van der Waals surface area contributed by atoms with E-state index in [0.29, 0.717) is 5.92 Å². The summed E-state index contributed by atoms with van der Waals surface area (Å²) in [5.41, 5.74) is 7.20. The van der Waals surface area contributed by atoms with Crippen LogP contribution in [-0.2, 0) is 0 Å². The van der Waals surface area contributed by atoms with Gasteiger partial charge in [-0.3, -0.25) is 0 Å². The molecule has 1 aromatic carbocycles. The third-order valence-corrected chi connectivity index (χ3v) is 3.16. The van der Waals surface area contributed by atoms with Gasteiger partial charge in [0, 0.05) is 6.04 Å². The second-order valence-corrected chi connectivity index (χ2v) is 4.12. The van der Waals surface area contributed by atoms with Crippen molar-refractivity contribution in [2.45, 2.75) is 31.7 Å². The van der Waals surface area contributed by atoms with E-state index in [1.165, 1.54) is 37.8 Å². The van der Waals surface area contributed by atoms with Gasteiger partial charge in [0.2, 0.25) is 0 Å². The molecule has 3 heteroatoms. The number of rotatable bonds is 2. The van der Waals surface area contributed by atoms with Crippen LogP contribution in [0, 0.1) is 11.7 Å². The van der Waals surface area contributed by atoms with Gasteiger partial charge in [-0.25, -0.2) is 4.39 Å². The lowest BCUT2D eigenvalue weighted by molar-refractivity contribution is 0.444. The van der Waals surface area contributed by atoms with Crippen molar-refractivity contribution in [2.75, 3.05) is 0 Å². The Morgan fingerprint density at radius 3 is 2.20 bits per heavy atom. The van der Waals surface area contributed by atoms with E-state index >= 15 is 0 Å². The van der Waals surface area contributed by atoms with E-state index in [1.807, 2.05) is 0 Å². The lowest BCUT2D eigenvalue weighted by Gasteiger charge is -2.18. The van der Waals surface area contributed by atoms with Crippen molar-refractivity contribution < 1.29 is 4.39 Å². The highest BCUT2D eigenvalue weighted by atomic mass is 35.5. The smallest absolute Gasteiger partial charge is 0.123 e. The van der Waals surface area contributed by atoms with Crippen molar-refractivity contribution in [2.24, 2.45) is 11.7 Å². The van der Waals surface area contributed by atoms with Crippen LogP contribution in [0.4, 0.5) is 4.39 Å². The van der Waals surface area contributed by atoms with Gasteiger partial charge in [-0.2, -0.15) is 0 Å². The standard InChI is InChI=1S/C12H16FN.ClH/c13-11-7-5-10(6-8-11)12(14)9-3-1-2-4-9;/h5-9,12H,1-4,14H2;1H/t12-;/m0./s1. The molecule has 1 nitrogen and oxygen atoms in total. The average Bonchev–Trinajstić information content (AvgIpc) is 2.71. The molecule has 84 valence electrons. The molecule has 0 aromatic heterocycles. The van der Waals surface area contributed by atoms with Gasteiger partial charge in [-0.15, -0.1) is 12.4 Å². The Morgan fingerprint density at radius 2 is 1.67 bits per heavy atom. The molecular weight excluding hydrogens is 213 g/mol. The van der Waals surface area contributed by atoms with E-state index in [-0.39, 0.29) is 24.3 Å². The molecule has 0 heterocycles. The maximum Gasteiger partial charge on any atom is 0.123 e. The van der Waals surface area contributed by atoms with Crippen LogP contribution in [0.15, 0.2) is 24.3 Å². The van der Waals surface area contributed by atoms with Gasteiger partial charge in [0.15, 0.2) is 0 Å². The van der Waals surface area contributed by atoms with Crippen molar-refractivity contribution in [3.8, 4) is 0 Å². The molecule has 0 bridgehead atoms. The van der Waals surface area contributed by atoms with Crippen LogP contribution in [0.1, 0.15) is 37.3 Å². The highest BCUT2D eigenvalue weighted by Crippen LogP contribution is 2.33. The topological polar surface area (TPSA) is 26.0 Å². The first-order chi connectivity index (χ1) is 6.77. The normalized spacial score (nSPS) is 18.5. The van der Waals surface area contributed by atoms with Gasteiger partial charge in [-0.1, -0.05) is 25.0 Å². The predicted octanol–water partition coefficient (Wildman–Crippen LogP) is 3.44. The van der Waals surface area contributed by atoms with Crippen molar-refractivity contribution >= 4 is 12.4 Å². The third kappa shape index (κ3) is 2.93. The summed E-state index contributed by atoms with van der Waals surface area (Å²) < 4.78 is 12.7. The first-order valence-electron chi connectivity index (χ1n) is 5.28. The molecule has 0 spiro atoms. The summed E-state index contributed by atoms with van der Waals surface area (Å²) in [5.74, 6) is 0.410. The molecule has 0 radical (unpaired) electrons. The average molecular weight is 230 g/mol. The number of hydrogen-bond acceptors (Lipinski definition) is 1. The Morgan fingerprint density at radius 1 is 1.13 bits per heavy atom. The van der Waals surface area contributed by atoms with Crippen LogP contribution >= 0.6 is 12.4 Å². The van der Waals surface area contributed by atoms with E-state index in [9.17, 15) is 4.39 Å². The lowest BCUT2D eigenvalue weighted by Crippen LogP contribution is -2.18. The predicted molar refractivity (Wildman–Crippen MR) is 62.5 cm³/mol. The summed E-state index contributed by atoms with van der Waals surface area (Å²) in [5, 5.41) is 0. The fraction of sp³-hybridized carbons (Fsp3) is 0.500. The van der Waals surface area contributed by atoms with E-state index < -0.39 is 0 Å². The Hall–Kier alpha value is -0.600. The first kappa shape index (κ1) is 12.5. The highest BCUT2D eigenvalue weighted by Gasteiger charge is 2.22. The van der Waals surface area contributed by atoms with Crippen LogP contribution in [0.5, 0.6) is 0 Å². The molecule has 2 N–H and O–H groups in total. The zero-order valence-electron chi connectivity index (χ0n) is 8.66. The third-order valence-electron chi connectivity index (χ3n) is 3.16. The molecule has 1 fully saturated rings. The lowest BCUT2D eigenvalue weighted by atomic mass is 9.93. The quantitative estimate of drug-likeness (QED) is 0.826. The molecular formula is C12H17ClFN. The van der Waals surface area contributed by atoms with E-state index in [4.69, 9.17) is 5.73 Å². The molecule has 2 rings (SSSR count). The van der Waals surface area contributed by atoms with Crippen LogP contribution in [-0.4, -0.2) is 0 Å². The minimum Gasteiger partial charge on any atom is -0.324 e. The summed E-state index contributed by atoms with van der Waals surface area (Å²) in [6.07, 6.45) is 5.02. The van der Waals surface area contributed by atoms with E-state index in [0.717, 1.165) is 5.56 Å². The van der Waals surface area contributed by atoms with Gasteiger partial charge in [0.25, 0.3) is 0 Å². The van der Waals surface area contributed by atoms with Gasteiger partial charge in [0.1, 0.15) is 5.82 Å². The summed E-state index contributed by atoms with van der Waals surface area (Å²) >= 11 is 0.